The van der Waals surface area contributed by atoms with E-state index in [4.69, 9.17) is 0 Å². The molecule has 3 heterocycles. The normalized spacial score (nSPS) is 31.1. The second kappa shape index (κ2) is 3.48. The fraction of sp³-hybridized carbons (Fsp3) is 0.545. The maximum Gasteiger partial charge on any atom is 0.0795 e. The van der Waals surface area contributed by atoms with E-state index in [1.807, 2.05) is 5.51 Å². The highest BCUT2D eigenvalue weighted by atomic mass is 32.1. The summed E-state index contributed by atoms with van der Waals surface area (Å²) in [5.74, 6) is 0. The Kier molecular flexibility index (Phi) is 2.14. The van der Waals surface area contributed by atoms with Crippen molar-refractivity contribution in [2.24, 2.45) is 0 Å². The Morgan fingerprint density at radius 3 is 3.29 bits per heavy atom. The summed E-state index contributed by atoms with van der Waals surface area (Å²) >= 11 is 1.70. The van der Waals surface area contributed by atoms with Gasteiger partial charge in [0.15, 0.2) is 0 Å². The van der Waals surface area contributed by atoms with Gasteiger partial charge in [0.2, 0.25) is 0 Å². The molecule has 0 amide bonds. The minimum absolute atomic E-state index is 0.690. The maximum absolute atomic E-state index is 4.36. The van der Waals surface area contributed by atoms with E-state index in [2.05, 4.69) is 27.4 Å². The molecule has 0 spiro atoms. The zero-order valence-corrected chi connectivity index (χ0v) is 8.91. The molecule has 3 heteroatoms. The van der Waals surface area contributed by atoms with Crippen LogP contribution in [0.2, 0.25) is 0 Å². The van der Waals surface area contributed by atoms with Gasteiger partial charge in [-0.05, 0) is 19.3 Å². The van der Waals surface area contributed by atoms with Crippen molar-refractivity contribution < 1.29 is 0 Å². The van der Waals surface area contributed by atoms with Crippen LogP contribution in [0.5, 0.6) is 0 Å². The minimum Gasteiger partial charge on any atom is -0.288 e. The molecular weight excluding hydrogens is 192 g/mol. The van der Waals surface area contributed by atoms with E-state index >= 15 is 0 Å². The Hall–Kier alpha value is -0.670. The van der Waals surface area contributed by atoms with Crippen LogP contribution in [0.25, 0.3) is 0 Å². The van der Waals surface area contributed by atoms with Crippen molar-refractivity contribution >= 4 is 11.3 Å². The van der Waals surface area contributed by atoms with Crippen LogP contribution in [-0.4, -0.2) is 22.0 Å². The highest BCUT2D eigenvalue weighted by molar-refractivity contribution is 7.07. The number of rotatable bonds is 2. The summed E-state index contributed by atoms with van der Waals surface area (Å²) in [4.78, 5) is 6.97. The zero-order chi connectivity index (χ0) is 9.38. The summed E-state index contributed by atoms with van der Waals surface area (Å²) in [7, 11) is 0. The van der Waals surface area contributed by atoms with Gasteiger partial charge in [0.05, 0.1) is 11.2 Å². The summed E-state index contributed by atoms with van der Waals surface area (Å²) in [6.45, 7) is 1.04. The Balaban J connectivity index is 1.77. The van der Waals surface area contributed by atoms with Crippen LogP contribution in [0.4, 0.5) is 0 Å². The lowest BCUT2D eigenvalue weighted by molar-refractivity contribution is 0.198. The predicted molar refractivity (Wildman–Crippen MR) is 58.2 cm³/mol. The molecular formula is C11H14N2S. The highest BCUT2D eigenvalue weighted by Gasteiger charge is 2.33. The summed E-state index contributed by atoms with van der Waals surface area (Å²) in [6, 6.07) is 1.47. The van der Waals surface area contributed by atoms with Gasteiger partial charge in [-0.3, -0.25) is 4.90 Å². The first kappa shape index (κ1) is 8.62. The van der Waals surface area contributed by atoms with E-state index in [0.717, 1.165) is 12.6 Å². The minimum atomic E-state index is 0.690. The molecule has 2 atom stereocenters. The second-order valence-electron chi connectivity index (χ2n) is 4.11. The molecule has 14 heavy (non-hydrogen) atoms. The molecule has 0 saturated carbocycles. The van der Waals surface area contributed by atoms with Crippen LogP contribution in [0.1, 0.15) is 25.0 Å². The lowest BCUT2D eigenvalue weighted by Crippen LogP contribution is -2.36. The number of thiazole rings is 1. The van der Waals surface area contributed by atoms with E-state index in [1.54, 1.807) is 11.3 Å². The second-order valence-corrected chi connectivity index (χ2v) is 4.83. The number of fused-ring (bicyclic) bond motifs is 2. The highest BCUT2D eigenvalue weighted by Crippen LogP contribution is 2.32. The monoisotopic (exact) mass is 206 g/mol. The molecule has 2 nitrogen and oxygen atoms in total. The molecule has 1 fully saturated rings. The molecule has 74 valence electrons. The van der Waals surface area contributed by atoms with Gasteiger partial charge in [-0.1, -0.05) is 12.2 Å². The van der Waals surface area contributed by atoms with E-state index in [9.17, 15) is 0 Å². The van der Waals surface area contributed by atoms with Crippen molar-refractivity contribution in [1.29, 1.82) is 0 Å². The van der Waals surface area contributed by atoms with Crippen LogP contribution in [0.15, 0.2) is 23.0 Å². The van der Waals surface area contributed by atoms with Gasteiger partial charge < -0.3 is 0 Å². The number of hydrogen-bond acceptors (Lipinski definition) is 3. The van der Waals surface area contributed by atoms with Gasteiger partial charge in [-0.25, -0.2) is 4.98 Å². The Bertz CT molecular complexity index is 331. The third-order valence-electron chi connectivity index (χ3n) is 3.29. The predicted octanol–water partition coefficient (Wildman–Crippen LogP) is 2.44. The third kappa shape index (κ3) is 1.41. The Morgan fingerprint density at radius 1 is 1.50 bits per heavy atom. The third-order valence-corrected chi connectivity index (χ3v) is 3.92. The first-order valence-corrected chi connectivity index (χ1v) is 6.17. The number of aromatic nitrogens is 1. The van der Waals surface area contributed by atoms with Gasteiger partial charge in [0, 0.05) is 24.0 Å². The van der Waals surface area contributed by atoms with Gasteiger partial charge in [0.25, 0.3) is 0 Å². The molecule has 2 bridgehead atoms. The van der Waals surface area contributed by atoms with Crippen molar-refractivity contribution in [2.45, 2.75) is 37.9 Å². The van der Waals surface area contributed by atoms with Crippen molar-refractivity contribution in [3.8, 4) is 0 Å². The van der Waals surface area contributed by atoms with E-state index < -0.39 is 0 Å². The topological polar surface area (TPSA) is 16.1 Å². The number of hydrogen-bond donors (Lipinski definition) is 0. The maximum atomic E-state index is 4.36. The van der Waals surface area contributed by atoms with Crippen molar-refractivity contribution in [2.75, 3.05) is 0 Å². The lowest BCUT2D eigenvalue weighted by Gasteiger charge is -2.30. The summed E-state index contributed by atoms with van der Waals surface area (Å²) in [6.07, 6.45) is 8.66. The molecule has 1 aromatic heterocycles. The Labute approximate surface area is 88.3 Å². The lowest BCUT2D eigenvalue weighted by atomic mass is 10.1. The average Bonchev–Trinajstić information content (AvgIpc) is 2.75. The van der Waals surface area contributed by atoms with Gasteiger partial charge in [0.1, 0.15) is 0 Å². The zero-order valence-electron chi connectivity index (χ0n) is 8.10. The van der Waals surface area contributed by atoms with Gasteiger partial charge in [-0.2, -0.15) is 0 Å². The summed E-state index contributed by atoms with van der Waals surface area (Å²) < 4.78 is 0. The molecule has 0 radical (unpaired) electrons. The molecule has 1 saturated heterocycles. The van der Waals surface area contributed by atoms with E-state index in [0.29, 0.717) is 6.04 Å². The fourth-order valence-corrected chi connectivity index (χ4v) is 3.12. The molecule has 0 N–H and O–H groups in total. The van der Waals surface area contributed by atoms with Crippen molar-refractivity contribution in [1.82, 2.24) is 9.88 Å². The van der Waals surface area contributed by atoms with Crippen LogP contribution in [0.3, 0.4) is 0 Å². The average molecular weight is 206 g/mol. The number of nitrogens with zero attached hydrogens (tertiary/aromatic N) is 2. The Morgan fingerprint density at radius 2 is 2.50 bits per heavy atom. The van der Waals surface area contributed by atoms with Gasteiger partial charge >= 0.3 is 0 Å². The van der Waals surface area contributed by atoms with Crippen LogP contribution in [-0.2, 0) is 6.54 Å². The molecule has 0 aromatic carbocycles. The van der Waals surface area contributed by atoms with Gasteiger partial charge in [-0.15, -0.1) is 11.3 Å². The molecule has 1 aromatic rings. The SMILES string of the molecule is C1=CC2CCC(C1)N2Cc1cscn1. The summed E-state index contributed by atoms with van der Waals surface area (Å²) in [5.41, 5.74) is 3.17. The largest absolute Gasteiger partial charge is 0.288 e. The molecule has 3 rings (SSSR count). The summed E-state index contributed by atoms with van der Waals surface area (Å²) in [5, 5.41) is 2.16. The molecule has 0 aliphatic carbocycles. The standard InChI is InChI=1S/C11H14N2S/c1-2-10-4-5-11(3-1)13(10)6-9-7-14-8-12-9/h1-2,7-8,10-11H,3-6H2. The van der Waals surface area contributed by atoms with Crippen LogP contribution < -0.4 is 0 Å². The first-order chi connectivity index (χ1) is 6.93. The molecule has 2 aliphatic heterocycles. The van der Waals surface area contributed by atoms with Crippen molar-refractivity contribution in [3.05, 3.63) is 28.7 Å². The fourth-order valence-electron chi connectivity index (χ4n) is 2.57. The van der Waals surface area contributed by atoms with Crippen LogP contribution in [0, 0.1) is 0 Å². The first-order valence-electron chi connectivity index (χ1n) is 5.23. The van der Waals surface area contributed by atoms with Crippen LogP contribution >= 0.6 is 11.3 Å². The van der Waals surface area contributed by atoms with E-state index in [-0.39, 0.29) is 0 Å². The van der Waals surface area contributed by atoms with Crippen molar-refractivity contribution in [3.63, 3.8) is 0 Å². The molecule has 2 unspecified atom stereocenters. The van der Waals surface area contributed by atoms with E-state index in [1.165, 1.54) is 25.0 Å². The smallest absolute Gasteiger partial charge is 0.0795 e. The quantitative estimate of drug-likeness (QED) is 0.691. The molecule has 2 aliphatic rings.